The summed E-state index contributed by atoms with van der Waals surface area (Å²) in [5.74, 6) is -0.0989. The third-order valence-electron chi connectivity index (χ3n) is 2.51. The van der Waals surface area contributed by atoms with Gasteiger partial charge in [-0.1, -0.05) is 29.8 Å². The van der Waals surface area contributed by atoms with Gasteiger partial charge in [0, 0.05) is 37.3 Å². The second-order valence-corrected chi connectivity index (χ2v) is 4.34. The SMILES string of the molecule is COCCCC(=O)NCC(O)c1ccccc1Cl. The summed E-state index contributed by atoms with van der Waals surface area (Å²) >= 11 is 5.95. The molecule has 0 aliphatic rings. The van der Waals surface area contributed by atoms with Gasteiger partial charge in [0.05, 0.1) is 6.10 Å². The van der Waals surface area contributed by atoms with Crippen LogP contribution in [0.4, 0.5) is 0 Å². The van der Waals surface area contributed by atoms with E-state index >= 15 is 0 Å². The van der Waals surface area contributed by atoms with E-state index in [2.05, 4.69) is 5.32 Å². The van der Waals surface area contributed by atoms with E-state index in [0.29, 0.717) is 30.0 Å². The molecule has 0 heterocycles. The average molecular weight is 272 g/mol. The summed E-state index contributed by atoms with van der Waals surface area (Å²) in [5.41, 5.74) is 0.622. The zero-order valence-corrected chi connectivity index (χ0v) is 11.1. The first-order valence-corrected chi connectivity index (χ1v) is 6.21. The molecule has 0 spiro atoms. The van der Waals surface area contributed by atoms with Crippen LogP contribution in [0.5, 0.6) is 0 Å². The minimum absolute atomic E-state index is 0.0989. The van der Waals surface area contributed by atoms with Gasteiger partial charge >= 0.3 is 0 Å². The zero-order valence-electron chi connectivity index (χ0n) is 10.4. The van der Waals surface area contributed by atoms with Gasteiger partial charge < -0.3 is 15.2 Å². The molecule has 100 valence electrons. The lowest BCUT2D eigenvalue weighted by Gasteiger charge is -2.13. The molecule has 0 saturated heterocycles. The van der Waals surface area contributed by atoms with Crippen molar-refractivity contribution in [3.05, 3.63) is 34.9 Å². The van der Waals surface area contributed by atoms with E-state index in [4.69, 9.17) is 16.3 Å². The lowest BCUT2D eigenvalue weighted by atomic mass is 10.1. The molecule has 4 nitrogen and oxygen atoms in total. The number of rotatable bonds is 7. The van der Waals surface area contributed by atoms with E-state index in [1.165, 1.54) is 0 Å². The summed E-state index contributed by atoms with van der Waals surface area (Å²) in [6.45, 7) is 0.718. The highest BCUT2D eigenvalue weighted by molar-refractivity contribution is 6.31. The van der Waals surface area contributed by atoms with Gasteiger partial charge in [-0.3, -0.25) is 4.79 Å². The maximum Gasteiger partial charge on any atom is 0.220 e. The molecule has 1 amide bonds. The predicted molar refractivity (Wildman–Crippen MR) is 70.5 cm³/mol. The van der Waals surface area contributed by atoms with Crippen LogP contribution in [0, 0.1) is 0 Å². The van der Waals surface area contributed by atoms with Gasteiger partial charge in [-0.05, 0) is 12.5 Å². The number of methoxy groups -OCH3 is 1. The van der Waals surface area contributed by atoms with Crippen LogP contribution in [0.25, 0.3) is 0 Å². The van der Waals surface area contributed by atoms with Gasteiger partial charge in [0.2, 0.25) is 5.91 Å². The van der Waals surface area contributed by atoms with Crippen molar-refractivity contribution in [2.45, 2.75) is 18.9 Å². The predicted octanol–water partition coefficient (Wildman–Crippen LogP) is 1.92. The van der Waals surface area contributed by atoms with E-state index < -0.39 is 6.10 Å². The number of carbonyl (C=O) groups is 1. The molecule has 1 aromatic carbocycles. The fourth-order valence-corrected chi connectivity index (χ4v) is 1.79. The Morgan fingerprint density at radius 2 is 2.22 bits per heavy atom. The second kappa shape index (κ2) is 8.08. The standard InChI is InChI=1S/C13H18ClNO3/c1-18-8-4-7-13(17)15-9-12(16)10-5-2-3-6-11(10)14/h2-3,5-6,12,16H,4,7-9H2,1H3,(H,15,17). The van der Waals surface area contributed by atoms with E-state index in [1.807, 2.05) is 0 Å². The first-order chi connectivity index (χ1) is 8.65. The number of nitrogens with one attached hydrogen (secondary N) is 1. The number of amides is 1. The lowest BCUT2D eigenvalue weighted by molar-refractivity contribution is -0.121. The van der Waals surface area contributed by atoms with Crippen LogP contribution >= 0.6 is 11.6 Å². The van der Waals surface area contributed by atoms with Gasteiger partial charge in [0.1, 0.15) is 0 Å². The van der Waals surface area contributed by atoms with Crippen LogP contribution in [-0.2, 0) is 9.53 Å². The summed E-state index contributed by atoms with van der Waals surface area (Å²) in [5, 5.41) is 13.1. The summed E-state index contributed by atoms with van der Waals surface area (Å²) in [4.78, 5) is 11.4. The van der Waals surface area contributed by atoms with Crippen LogP contribution in [0.1, 0.15) is 24.5 Å². The molecule has 1 rings (SSSR count). The Morgan fingerprint density at radius 3 is 2.89 bits per heavy atom. The molecule has 2 N–H and O–H groups in total. The van der Waals surface area contributed by atoms with Crippen LogP contribution < -0.4 is 5.32 Å². The van der Waals surface area contributed by atoms with Crippen LogP contribution in [-0.4, -0.2) is 31.3 Å². The molecule has 18 heavy (non-hydrogen) atoms. The first-order valence-electron chi connectivity index (χ1n) is 5.83. The van der Waals surface area contributed by atoms with Gasteiger partial charge in [0.25, 0.3) is 0 Å². The van der Waals surface area contributed by atoms with E-state index in [1.54, 1.807) is 31.4 Å². The van der Waals surface area contributed by atoms with Crippen LogP contribution in [0.3, 0.4) is 0 Å². The van der Waals surface area contributed by atoms with E-state index in [9.17, 15) is 9.90 Å². The number of aliphatic hydroxyl groups excluding tert-OH is 1. The highest BCUT2D eigenvalue weighted by Gasteiger charge is 2.12. The number of hydrogen-bond acceptors (Lipinski definition) is 3. The van der Waals surface area contributed by atoms with E-state index in [0.717, 1.165) is 0 Å². The molecule has 0 saturated carbocycles. The van der Waals surface area contributed by atoms with Crippen molar-refractivity contribution in [2.24, 2.45) is 0 Å². The summed E-state index contributed by atoms with van der Waals surface area (Å²) in [6.07, 6.45) is 0.276. The van der Waals surface area contributed by atoms with Gasteiger partial charge in [-0.25, -0.2) is 0 Å². The van der Waals surface area contributed by atoms with Crippen molar-refractivity contribution in [2.75, 3.05) is 20.3 Å². The molecule has 0 radical (unpaired) electrons. The molecular weight excluding hydrogens is 254 g/mol. The Morgan fingerprint density at radius 1 is 1.50 bits per heavy atom. The number of carbonyl (C=O) groups excluding carboxylic acids is 1. The molecular formula is C13H18ClNO3. The summed E-state index contributed by atoms with van der Waals surface area (Å²) in [6, 6.07) is 7.04. The highest BCUT2D eigenvalue weighted by atomic mass is 35.5. The molecule has 1 aromatic rings. The molecule has 1 unspecified atom stereocenters. The fourth-order valence-electron chi connectivity index (χ4n) is 1.53. The monoisotopic (exact) mass is 271 g/mol. The summed E-state index contributed by atoms with van der Waals surface area (Å²) < 4.78 is 4.86. The van der Waals surface area contributed by atoms with Gasteiger partial charge in [0.15, 0.2) is 0 Å². The fraction of sp³-hybridized carbons (Fsp3) is 0.462. The Bertz CT molecular complexity index is 384. The van der Waals surface area contributed by atoms with Gasteiger partial charge in [-0.15, -0.1) is 0 Å². The summed E-state index contributed by atoms with van der Waals surface area (Å²) in [7, 11) is 1.60. The molecule has 5 heteroatoms. The Hall–Kier alpha value is -1.10. The molecule has 0 bridgehead atoms. The topological polar surface area (TPSA) is 58.6 Å². The third-order valence-corrected chi connectivity index (χ3v) is 2.85. The number of ether oxygens (including phenoxy) is 1. The van der Waals surface area contributed by atoms with Crippen LogP contribution in [0.2, 0.25) is 5.02 Å². The molecule has 0 aliphatic carbocycles. The quantitative estimate of drug-likeness (QED) is 0.745. The number of hydrogen-bond donors (Lipinski definition) is 2. The maximum absolute atomic E-state index is 11.4. The van der Waals surface area contributed by atoms with Crippen molar-refractivity contribution >= 4 is 17.5 Å². The number of aliphatic hydroxyl groups is 1. The molecule has 1 atom stereocenters. The third kappa shape index (κ3) is 5.04. The van der Waals surface area contributed by atoms with Crippen molar-refractivity contribution in [3.8, 4) is 0 Å². The smallest absolute Gasteiger partial charge is 0.220 e. The molecule has 0 fully saturated rings. The average Bonchev–Trinajstić information content (AvgIpc) is 2.37. The first kappa shape index (κ1) is 15.0. The van der Waals surface area contributed by atoms with Crippen molar-refractivity contribution < 1.29 is 14.6 Å². The van der Waals surface area contributed by atoms with Crippen molar-refractivity contribution in [1.29, 1.82) is 0 Å². The lowest BCUT2D eigenvalue weighted by Crippen LogP contribution is -2.28. The Balaban J connectivity index is 2.35. The number of benzene rings is 1. The maximum atomic E-state index is 11.4. The van der Waals surface area contributed by atoms with Crippen molar-refractivity contribution in [1.82, 2.24) is 5.32 Å². The largest absolute Gasteiger partial charge is 0.387 e. The number of halogens is 1. The van der Waals surface area contributed by atoms with Gasteiger partial charge in [-0.2, -0.15) is 0 Å². The minimum atomic E-state index is -0.787. The Labute approximate surface area is 112 Å². The zero-order chi connectivity index (χ0) is 13.4. The minimum Gasteiger partial charge on any atom is -0.387 e. The second-order valence-electron chi connectivity index (χ2n) is 3.94. The van der Waals surface area contributed by atoms with Crippen LogP contribution in [0.15, 0.2) is 24.3 Å². The highest BCUT2D eigenvalue weighted by Crippen LogP contribution is 2.21. The van der Waals surface area contributed by atoms with Crippen molar-refractivity contribution in [3.63, 3.8) is 0 Å². The normalized spacial score (nSPS) is 12.2. The van der Waals surface area contributed by atoms with E-state index in [-0.39, 0.29) is 12.5 Å². The molecule has 0 aromatic heterocycles. The Kier molecular flexibility index (Phi) is 6.72. The molecule has 0 aliphatic heterocycles.